The maximum absolute atomic E-state index is 11.8. The number of hydrogen-bond donors (Lipinski definition) is 4. The monoisotopic (exact) mass is 434 g/mol. The van der Waals surface area contributed by atoms with E-state index in [1.165, 1.54) is 10.9 Å². The molecule has 13 heteroatoms. The van der Waals surface area contributed by atoms with E-state index in [1.54, 1.807) is 0 Å². The Morgan fingerprint density at radius 2 is 2.39 bits per heavy atom. The second-order valence-electron chi connectivity index (χ2n) is 4.89. The number of aromatic nitrogens is 4. The third kappa shape index (κ3) is 2.33. The SMILES string of the molecule is [N-]=[N+]=N[C@]1(CI)O[C@@H](n2cnc3c(=O)[nH]c(N)nc32)C(O)C1O. The Balaban J connectivity index is 2.13. The van der Waals surface area contributed by atoms with Gasteiger partial charge in [0.1, 0.15) is 12.2 Å². The van der Waals surface area contributed by atoms with Crippen molar-refractivity contribution in [1.29, 1.82) is 0 Å². The molecule has 0 radical (unpaired) electrons. The van der Waals surface area contributed by atoms with Crippen LogP contribution in [0.4, 0.5) is 5.95 Å². The first kappa shape index (κ1) is 15.9. The van der Waals surface area contributed by atoms with Crippen LogP contribution in [-0.2, 0) is 4.74 Å². The molecule has 23 heavy (non-hydrogen) atoms. The van der Waals surface area contributed by atoms with Crippen LogP contribution < -0.4 is 11.3 Å². The smallest absolute Gasteiger partial charge is 0.280 e. The summed E-state index contributed by atoms with van der Waals surface area (Å²) in [5.74, 6) is -0.132. The number of aromatic amines is 1. The minimum Gasteiger partial charge on any atom is -0.387 e. The molecular formula is C10H11IN8O4. The summed E-state index contributed by atoms with van der Waals surface area (Å²) in [5.41, 5.74) is 12.1. The third-order valence-electron chi connectivity index (χ3n) is 3.53. The molecule has 2 aromatic rings. The zero-order valence-corrected chi connectivity index (χ0v) is 13.5. The normalized spacial score (nSPS) is 30.5. The van der Waals surface area contributed by atoms with Crippen molar-refractivity contribution in [2.24, 2.45) is 5.11 Å². The van der Waals surface area contributed by atoms with Crippen LogP contribution in [0, 0.1) is 0 Å². The van der Waals surface area contributed by atoms with Gasteiger partial charge in [-0.15, -0.1) is 0 Å². The van der Waals surface area contributed by atoms with Crippen molar-refractivity contribution in [3.05, 3.63) is 27.1 Å². The van der Waals surface area contributed by atoms with Gasteiger partial charge >= 0.3 is 0 Å². The summed E-state index contributed by atoms with van der Waals surface area (Å²) in [7, 11) is 0. The quantitative estimate of drug-likeness (QED) is 0.163. The lowest BCUT2D eigenvalue weighted by molar-refractivity contribution is -0.0824. The molecule has 3 rings (SSSR count). The zero-order chi connectivity index (χ0) is 16.8. The number of nitrogens with one attached hydrogen (secondary N) is 1. The predicted molar refractivity (Wildman–Crippen MR) is 85.5 cm³/mol. The van der Waals surface area contributed by atoms with E-state index in [4.69, 9.17) is 16.0 Å². The Kier molecular flexibility index (Phi) is 3.89. The fraction of sp³-hybridized carbons (Fsp3) is 0.500. The Bertz CT molecular complexity index is 860. The number of alkyl halides is 1. The highest BCUT2D eigenvalue weighted by atomic mass is 127. The largest absolute Gasteiger partial charge is 0.387 e. The summed E-state index contributed by atoms with van der Waals surface area (Å²) in [6.07, 6.45) is -2.80. The molecule has 12 nitrogen and oxygen atoms in total. The molecule has 0 aliphatic carbocycles. The maximum atomic E-state index is 11.8. The van der Waals surface area contributed by atoms with Crippen LogP contribution in [0.25, 0.3) is 21.6 Å². The van der Waals surface area contributed by atoms with E-state index in [0.717, 1.165) is 0 Å². The van der Waals surface area contributed by atoms with E-state index in [0.29, 0.717) is 0 Å². The molecule has 4 atom stereocenters. The number of hydrogen-bond acceptors (Lipinski definition) is 8. The van der Waals surface area contributed by atoms with E-state index in [-0.39, 0.29) is 21.5 Å². The molecule has 5 N–H and O–H groups in total. The lowest BCUT2D eigenvalue weighted by Crippen LogP contribution is -2.42. The summed E-state index contributed by atoms with van der Waals surface area (Å²) >= 11 is 1.87. The van der Waals surface area contributed by atoms with Gasteiger partial charge in [0.15, 0.2) is 23.1 Å². The van der Waals surface area contributed by atoms with Gasteiger partial charge in [-0.05, 0) is 5.53 Å². The number of azide groups is 1. The number of nitrogen functional groups attached to an aromatic ring is 1. The van der Waals surface area contributed by atoms with Crippen molar-refractivity contribution in [2.75, 3.05) is 10.2 Å². The molecule has 0 spiro atoms. The number of rotatable bonds is 3. The number of H-pyrrole nitrogens is 1. The first-order valence-corrected chi connectivity index (χ1v) is 7.84. The number of anilines is 1. The fourth-order valence-electron chi connectivity index (χ4n) is 2.42. The minimum absolute atomic E-state index is 0.000229. The van der Waals surface area contributed by atoms with Crippen LogP contribution in [0.15, 0.2) is 16.2 Å². The minimum atomic E-state index is -1.64. The molecule has 0 saturated carbocycles. The molecule has 1 fully saturated rings. The molecule has 0 amide bonds. The van der Waals surface area contributed by atoms with Crippen molar-refractivity contribution >= 4 is 39.7 Å². The molecular weight excluding hydrogens is 423 g/mol. The molecule has 1 aliphatic rings. The molecule has 2 unspecified atom stereocenters. The maximum Gasteiger partial charge on any atom is 0.280 e. The molecule has 1 aliphatic heterocycles. The highest BCUT2D eigenvalue weighted by Crippen LogP contribution is 2.40. The summed E-state index contributed by atoms with van der Waals surface area (Å²) in [4.78, 5) is 24.6. The van der Waals surface area contributed by atoms with Gasteiger partial charge in [0.25, 0.3) is 5.56 Å². The van der Waals surface area contributed by atoms with E-state index < -0.39 is 29.7 Å². The van der Waals surface area contributed by atoms with Crippen molar-refractivity contribution < 1.29 is 14.9 Å². The van der Waals surface area contributed by atoms with Gasteiger partial charge in [-0.1, -0.05) is 27.7 Å². The number of nitrogens with zero attached hydrogens (tertiary/aromatic N) is 6. The summed E-state index contributed by atoms with van der Waals surface area (Å²) in [5, 5.41) is 23.9. The van der Waals surface area contributed by atoms with Gasteiger partial charge in [0.05, 0.1) is 6.33 Å². The lowest BCUT2D eigenvalue weighted by atomic mass is 10.1. The molecule has 1 saturated heterocycles. The first-order valence-electron chi connectivity index (χ1n) is 6.32. The van der Waals surface area contributed by atoms with Crippen LogP contribution in [0.1, 0.15) is 6.23 Å². The van der Waals surface area contributed by atoms with Gasteiger partial charge in [-0.2, -0.15) is 4.98 Å². The number of imidazole rings is 1. The highest BCUT2D eigenvalue weighted by Gasteiger charge is 2.54. The standard InChI is InChI=1S/C10H11IN8O4/c11-1-10(17-18-13)5(21)4(20)8(23-10)19-2-14-3-6(19)15-9(12)16-7(3)22/h2,4-5,8,20-21H,1H2,(H3,12,15,16,22)/t4?,5?,8-,10-/m1/s1. The van der Waals surface area contributed by atoms with Crippen molar-refractivity contribution in [1.82, 2.24) is 19.5 Å². The molecule has 3 heterocycles. The van der Waals surface area contributed by atoms with E-state index >= 15 is 0 Å². The number of aliphatic hydroxyl groups is 2. The Hall–Kier alpha value is -1.93. The van der Waals surface area contributed by atoms with Crippen molar-refractivity contribution in [3.63, 3.8) is 0 Å². The molecule has 0 aromatic carbocycles. The molecule has 2 aromatic heterocycles. The average Bonchev–Trinajstić information content (AvgIpc) is 3.03. The second-order valence-corrected chi connectivity index (χ2v) is 5.65. The number of halogens is 1. The Morgan fingerprint density at radius 3 is 3.04 bits per heavy atom. The summed E-state index contributed by atoms with van der Waals surface area (Å²) in [6, 6.07) is 0. The van der Waals surface area contributed by atoms with Crippen molar-refractivity contribution in [3.8, 4) is 0 Å². The van der Waals surface area contributed by atoms with Crippen LogP contribution in [0.2, 0.25) is 0 Å². The molecule has 0 bridgehead atoms. The van der Waals surface area contributed by atoms with Gasteiger partial charge < -0.3 is 20.7 Å². The highest BCUT2D eigenvalue weighted by molar-refractivity contribution is 14.1. The van der Waals surface area contributed by atoms with E-state index in [9.17, 15) is 15.0 Å². The Morgan fingerprint density at radius 1 is 1.65 bits per heavy atom. The van der Waals surface area contributed by atoms with Gasteiger partial charge in [-0.25, -0.2) is 4.98 Å². The second kappa shape index (κ2) is 5.61. The zero-order valence-electron chi connectivity index (χ0n) is 11.4. The Labute approximate surface area is 141 Å². The third-order valence-corrected chi connectivity index (χ3v) is 4.63. The van der Waals surface area contributed by atoms with E-state index in [2.05, 4.69) is 25.0 Å². The number of nitrogens with two attached hydrogens (primary N) is 1. The van der Waals surface area contributed by atoms with Crippen LogP contribution in [0.3, 0.4) is 0 Å². The average molecular weight is 434 g/mol. The van der Waals surface area contributed by atoms with E-state index in [1.807, 2.05) is 22.6 Å². The van der Waals surface area contributed by atoms with Crippen LogP contribution in [0.5, 0.6) is 0 Å². The van der Waals surface area contributed by atoms with Crippen LogP contribution >= 0.6 is 22.6 Å². The van der Waals surface area contributed by atoms with Crippen molar-refractivity contribution in [2.45, 2.75) is 24.2 Å². The lowest BCUT2D eigenvalue weighted by Gasteiger charge is -2.23. The first-order chi connectivity index (χ1) is 10.9. The number of aliphatic hydroxyl groups excluding tert-OH is 2. The number of ether oxygens (including phenoxy) is 1. The number of fused-ring (bicyclic) bond motifs is 1. The fourth-order valence-corrected chi connectivity index (χ4v) is 3.20. The summed E-state index contributed by atoms with van der Waals surface area (Å²) < 4.78 is 6.96. The predicted octanol–water partition coefficient (Wildman–Crippen LogP) is -0.606. The molecule has 122 valence electrons. The van der Waals surface area contributed by atoms with Gasteiger partial charge in [-0.3, -0.25) is 14.3 Å². The van der Waals surface area contributed by atoms with Gasteiger partial charge in [0, 0.05) is 9.34 Å². The summed E-state index contributed by atoms with van der Waals surface area (Å²) in [6.45, 7) is 0. The van der Waals surface area contributed by atoms with Gasteiger partial charge in [0.2, 0.25) is 5.95 Å². The topological polar surface area (TPSA) is 188 Å². The van der Waals surface area contributed by atoms with Crippen LogP contribution in [-0.4, -0.2) is 52.1 Å².